The quantitative estimate of drug-likeness (QED) is 0.330. The SMILES string of the molecule is Cc1cc(F)ccc1CC(=O)C[C@H](CCC(=O)[O-])c1noc(-c2cc(CCC(C)(C)C)on2)c1C1CC1.[Na+]. The Morgan fingerprint density at radius 1 is 1.16 bits per heavy atom. The van der Waals surface area contributed by atoms with E-state index in [1.165, 1.54) is 12.1 Å². The summed E-state index contributed by atoms with van der Waals surface area (Å²) in [5.74, 6) is -0.512. The standard InChI is InChI=1S/C29H35FN2O5.Na/c1-17-13-21(30)9-7-19(17)14-22(33)15-20(8-10-25(34)35)27-26(18-5-6-18)28(37-32-27)24-16-23(36-31-24)11-12-29(2,3)4;/h7,9,13,16,18,20H,5-6,8,10-12,14-15H2,1-4H3,(H,34,35);/q;+1/p-1/t20-;/m0./s1. The number of carboxylic acid groups (broad SMARTS) is 1. The second-order valence-electron chi connectivity index (χ2n) is 11.4. The zero-order valence-corrected chi connectivity index (χ0v) is 24.9. The molecule has 198 valence electrons. The fourth-order valence-electron chi connectivity index (χ4n) is 4.64. The summed E-state index contributed by atoms with van der Waals surface area (Å²) >= 11 is 0. The van der Waals surface area contributed by atoms with Gasteiger partial charge in [0.2, 0.25) is 0 Å². The van der Waals surface area contributed by atoms with Crippen molar-refractivity contribution in [1.29, 1.82) is 0 Å². The number of carbonyl (C=O) groups is 2. The molecule has 0 amide bonds. The minimum absolute atomic E-state index is 0. The zero-order valence-electron chi connectivity index (χ0n) is 22.9. The van der Waals surface area contributed by atoms with Gasteiger partial charge < -0.3 is 18.9 Å². The predicted molar refractivity (Wildman–Crippen MR) is 133 cm³/mol. The van der Waals surface area contributed by atoms with E-state index in [-0.39, 0.29) is 78.2 Å². The van der Waals surface area contributed by atoms with E-state index in [0.717, 1.165) is 42.6 Å². The van der Waals surface area contributed by atoms with Gasteiger partial charge in [0.25, 0.3) is 0 Å². The van der Waals surface area contributed by atoms with Crippen molar-refractivity contribution in [2.24, 2.45) is 5.41 Å². The van der Waals surface area contributed by atoms with Gasteiger partial charge in [0, 0.05) is 42.8 Å². The van der Waals surface area contributed by atoms with Crippen molar-refractivity contribution < 1.29 is 57.7 Å². The van der Waals surface area contributed by atoms with Gasteiger partial charge >= 0.3 is 29.6 Å². The predicted octanol–water partition coefficient (Wildman–Crippen LogP) is 2.45. The molecule has 1 atom stereocenters. The summed E-state index contributed by atoms with van der Waals surface area (Å²) in [6.45, 7) is 8.28. The molecule has 0 radical (unpaired) electrons. The number of ketones is 1. The van der Waals surface area contributed by atoms with Crippen LogP contribution in [0.15, 0.2) is 33.3 Å². The Hall–Kier alpha value is -2.29. The molecule has 3 aromatic rings. The molecule has 0 bridgehead atoms. The molecule has 4 rings (SSSR count). The van der Waals surface area contributed by atoms with E-state index in [9.17, 15) is 19.1 Å². The maximum absolute atomic E-state index is 13.5. The van der Waals surface area contributed by atoms with E-state index >= 15 is 0 Å². The second kappa shape index (κ2) is 12.7. The number of benzene rings is 1. The molecule has 1 aliphatic rings. The largest absolute Gasteiger partial charge is 1.00 e. The van der Waals surface area contributed by atoms with Gasteiger partial charge in [-0.05, 0) is 73.6 Å². The Kier molecular flexibility index (Phi) is 10.1. The van der Waals surface area contributed by atoms with Gasteiger partial charge in [-0.2, -0.15) is 0 Å². The topological polar surface area (TPSA) is 109 Å². The van der Waals surface area contributed by atoms with Crippen molar-refractivity contribution in [3.63, 3.8) is 0 Å². The van der Waals surface area contributed by atoms with Gasteiger partial charge in [-0.3, -0.25) is 4.79 Å². The van der Waals surface area contributed by atoms with Gasteiger partial charge in [0.1, 0.15) is 17.4 Å². The van der Waals surface area contributed by atoms with Gasteiger partial charge in [0.15, 0.2) is 11.5 Å². The molecule has 0 spiro atoms. The molecule has 0 unspecified atom stereocenters. The summed E-state index contributed by atoms with van der Waals surface area (Å²) < 4.78 is 24.8. The van der Waals surface area contributed by atoms with Crippen molar-refractivity contribution in [3.8, 4) is 11.5 Å². The van der Waals surface area contributed by atoms with E-state index in [4.69, 9.17) is 9.05 Å². The summed E-state index contributed by atoms with van der Waals surface area (Å²) in [6.07, 6.45) is 3.88. The first-order valence-corrected chi connectivity index (χ1v) is 12.9. The maximum Gasteiger partial charge on any atom is 1.00 e. The van der Waals surface area contributed by atoms with Crippen LogP contribution in [0, 0.1) is 18.2 Å². The van der Waals surface area contributed by atoms with Crippen LogP contribution in [0.4, 0.5) is 4.39 Å². The molecular formula is C29H34FN2NaO5. The number of aryl methyl sites for hydroxylation is 2. The minimum Gasteiger partial charge on any atom is -0.550 e. The molecule has 9 heteroatoms. The number of Topliss-reactive ketones (excluding diaryl/α,β-unsaturated/α-hetero) is 1. The molecule has 2 aromatic heterocycles. The third kappa shape index (κ3) is 8.10. The van der Waals surface area contributed by atoms with Gasteiger partial charge in [0.05, 0.1) is 5.69 Å². The summed E-state index contributed by atoms with van der Waals surface area (Å²) in [7, 11) is 0. The van der Waals surface area contributed by atoms with Crippen LogP contribution >= 0.6 is 0 Å². The van der Waals surface area contributed by atoms with Crippen LogP contribution in [0.1, 0.15) is 99.3 Å². The van der Waals surface area contributed by atoms with Crippen LogP contribution in [-0.4, -0.2) is 22.1 Å². The molecule has 1 aromatic carbocycles. The molecule has 2 heterocycles. The molecule has 0 saturated heterocycles. The monoisotopic (exact) mass is 532 g/mol. The van der Waals surface area contributed by atoms with E-state index in [0.29, 0.717) is 22.7 Å². The van der Waals surface area contributed by atoms with Crippen LogP contribution in [0.3, 0.4) is 0 Å². The number of carbonyl (C=O) groups excluding carboxylic acids is 2. The molecule has 1 saturated carbocycles. The van der Waals surface area contributed by atoms with Gasteiger partial charge in [-0.15, -0.1) is 0 Å². The smallest absolute Gasteiger partial charge is 0.550 e. The summed E-state index contributed by atoms with van der Waals surface area (Å²) in [6, 6.07) is 6.23. The Labute approximate surface area is 244 Å². The van der Waals surface area contributed by atoms with Gasteiger partial charge in [-0.1, -0.05) is 37.2 Å². The summed E-state index contributed by atoms with van der Waals surface area (Å²) in [5.41, 5.74) is 3.69. The van der Waals surface area contributed by atoms with Crippen LogP contribution in [-0.2, 0) is 22.4 Å². The molecule has 1 fully saturated rings. The molecular weight excluding hydrogens is 498 g/mol. The molecule has 0 aliphatic heterocycles. The molecule has 38 heavy (non-hydrogen) atoms. The van der Waals surface area contributed by atoms with Crippen molar-refractivity contribution in [3.05, 3.63) is 58.2 Å². The molecule has 7 nitrogen and oxygen atoms in total. The third-order valence-corrected chi connectivity index (χ3v) is 6.90. The second-order valence-corrected chi connectivity index (χ2v) is 11.4. The number of nitrogens with zero attached hydrogens (tertiary/aromatic N) is 2. The Morgan fingerprint density at radius 3 is 2.53 bits per heavy atom. The van der Waals surface area contributed by atoms with Crippen LogP contribution in [0.5, 0.6) is 0 Å². The van der Waals surface area contributed by atoms with E-state index in [2.05, 4.69) is 31.1 Å². The fraction of sp³-hybridized carbons (Fsp3) is 0.517. The summed E-state index contributed by atoms with van der Waals surface area (Å²) in [5, 5.41) is 19.9. The number of aliphatic carboxylic acids is 1. The van der Waals surface area contributed by atoms with Crippen LogP contribution in [0.2, 0.25) is 0 Å². The number of rotatable bonds is 12. The molecule has 1 aliphatic carbocycles. The first kappa shape index (κ1) is 30.3. The maximum atomic E-state index is 13.5. The van der Waals surface area contributed by atoms with Crippen molar-refractivity contribution in [2.45, 2.75) is 90.9 Å². The van der Waals surface area contributed by atoms with Crippen LogP contribution < -0.4 is 34.7 Å². The average molecular weight is 533 g/mol. The van der Waals surface area contributed by atoms with E-state index in [1.54, 1.807) is 13.0 Å². The minimum atomic E-state index is -1.18. The first-order chi connectivity index (χ1) is 17.5. The zero-order chi connectivity index (χ0) is 26.7. The van der Waals surface area contributed by atoms with Crippen molar-refractivity contribution >= 4 is 11.8 Å². The first-order valence-electron chi connectivity index (χ1n) is 12.9. The Bertz CT molecular complexity index is 1270. The Balaban J connectivity index is 0.00000400. The number of halogens is 1. The molecule has 0 N–H and O–H groups in total. The Morgan fingerprint density at radius 2 is 1.89 bits per heavy atom. The van der Waals surface area contributed by atoms with Crippen molar-refractivity contribution in [1.82, 2.24) is 10.3 Å². The van der Waals surface area contributed by atoms with Crippen molar-refractivity contribution in [2.75, 3.05) is 0 Å². The van der Waals surface area contributed by atoms with Crippen LogP contribution in [0.25, 0.3) is 11.5 Å². The summed E-state index contributed by atoms with van der Waals surface area (Å²) in [4.78, 5) is 24.3. The van der Waals surface area contributed by atoms with E-state index in [1.807, 2.05) is 6.07 Å². The average Bonchev–Trinajstić information content (AvgIpc) is 3.37. The third-order valence-electron chi connectivity index (χ3n) is 6.90. The fourth-order valence-corrected chi connectivity index (χ4v) is 4.64. The normalized spacial score (nSPS) is 14.2. The number of hydrogen-bond donors (Lipinski definition) is 0. The number of hydrogen-bond acceptors (Lipinski definition) is 7. The number of carboxylic acids is 1. The number of aromatic nitrogens is 2. The van der Waals surface area contributed by atoms with Gasteiger partial charge in [-0.25, -0.2) is 4.39 Å². The van der Waals surface area contributed by atoms with E-state index < -0.39 is 11.9 Å².